The predicted octanol–water partition coefficient (Wildman–Crippen LogP) is 4.82. The molecule has 1 aliphatic carbocycles. The SMILES string of the molecule is COC(=O)c1ccc(/N=C/c2cc(C)n(C3CCCC3)c2C)s1. The number of esters is 1. The molecule has 1 fully saturated rings. The second-order valence-electron chi connectivity index (χ2n) is 6.02. The lowest BCUT2D eigenvalue weighted by molar-refractivity contribution is 0.0606. The number of carbonyl (C=O) groups excluding carboxylic acids is 1. The number of aliphatic imine (C=N–C) groups is 1. The van der Waals surface area contributed by atoms with Gasteiger partial charge in [-0.2, -0.15) is 0 Å². The molecular weight excluding hydrogens is 308 g/mol. The van der Waals surface area contributed by atoms with Gasteiger partial charge in [-0.05, 0) is 44.9 Å². The number of methoxy groups -OCH3 is 1. The van der Waals surface area contributed by atoms with Crippen LogP contribution in [0.15, 0.2) is 23.2 Å². The highest BCUT2D eigenvalue weighted by molar-refractivity contribution is 7.17. The van der Waals surface area contributed by atoms with E-state index in [9.17, 15) is 4.79 Å². The van der Waals surface area contributed by atoms with Gasteiger partial charge in [0.25, 0.3) is 0 Å². The van der Waals surface area contributed by atoms with E-state index < -0.39 is 0 Å². The minimum atomic E-state index is -0.309. The summed E-state index contributed by atoms with van der Waals surface area (Å²) in [5, 5.41) is 0.816. The van der Waals surface area contributed by atoms with Crippen molar-refractivity contribution in [2.24, 2.45) is 4.99 Å². The normalized spacial score (nSPS) is 15.6. The molecule has 2 aromatic heterocycles. The zero-order valence-electron chi connectivity index (χ0n) is 13.8. The van der Waals surface area contributed by atoms with Gasteiger partial charge in [0.1, 0.15) is 9.88 Å². The van der Waals surface area contributed by atoms with E-state index in [4.69, 9.17) is 4.74 Å². The van der Waals surface area contributed by atoms with E-state index in [0.717, 1.165) is 10.6 Å². The highest BCUT2D eigenvalue weighted by Gasteiger charge is 2.20. The maximum absolute atomic E-state index is 11.5. The molecule has 0 spiro atoms. The molecule has 2 aromatic rings. The third-order valence-electron chi connectivity index (χ3n) is 4.52. The molecule has 0 atom stereocenters. The Morgan fingerprint density at radius 3 is 2.78 bits per heavy atom. The molecule has 0 aliphatic heterocycles. The van der Waals surface area contributed by atoms with Crippen molar-refractivity contribution in [3.05, 3.63) is 40.0 Å². The van der Waals surface area contributed by atoms with Gasteiger partial charge in [-0.1, -0.05) is 12.8 Å². The lowest BCUT2D eigenvalue weighted by atomic mass is 10.2. The summed E-state index contributed by atoms with van der Waals surface area (Å²) in [5.74, 6) is -0.309. The average molecular weight is 330 g/mol. The van der Waals surface area contributed by atoms with Crippen molar-refractivity contribution in [1.82, 2.24) is 4.57 Å². The lowest BCUT2D eigenvalue weighted by Gasteiger charge is -2.17. The molecule has 23 heavy (non-hydrogen) atoms. The fraction of sp³-hybridized carbons (Fsp3) is 0.444. The van der Waals surface area contributed by atoms with Gasteiger partial charge in [0.2, 0.25) is 0 Å². The van der Waals surface area contributed by atoms with Crippen molar-refractivity contribution < 1.29 is 9.53 Å². The van der Waals surface area contributed by atoms with Gasteiger partial charge in [-0.25, -0.2) is 9.79 Å². The summed E-state index contributed by atoms with van der Waals surface area (Å²) < 4.78 is 7.18. The van der Waals surface area contributed by atoms with Crippen LogP contribution in [-0.2, 0) is 4.74 Å². The molecule has 1 aliphatic rings. The molecule has 0 saturated heterocycles. The van der Waals surface area contributed by atoms with Gasteiger partial charge in [-0.3, -0.25) is 0 Å². The van der Waals surface area contributed by atoms with Crippen molar-refractivity contribution in [3.8, 4) is 0 Å². The quantitative estimate of drug-likeness (QED) is 0.596. The van der Waals surface area contributed by atoms with Crippen molar-refractivity contribution in [2.45, 2.75) is 45.6 Å². The number of nitrogens with zero attached hydrogens (tertiary/aromatic N) is 2. The van der Waals surface area contributed by atoms with Gasteiger partial charge >= 0.3 is 5.97 Å². The lowest BCUT2D eigenvalue weighted by Crippen LogP contribution is -2.08. The van der Waals surface area contributed by atoms with Crippen molar-refractivity contribution in [3.63, 3.8) is 0 Å². The number of rotatable bonds is 4. The molecule has 0 aromatic carbocycles. The molecule has 4 nitrogen and oxygen atoms in total. The first-order valence-corrected chi connectivity index (χ1v) is 8.82. The van der Waals surface area contributed by atoms with E-state index in [0.29, 0.717) is 10.9 Å². The highest BCUT2D eigenvalue weighted by Crippen LogP contribution is 2.33. The molecule has 0 radical (unpaired) electrons. The van der Waals surface area contributed by atoms with Gasteiger partial charge in [0.05, 0.1) is 7.11 Å². The van der Waals surface area contributed by atoms with Crippen molar-refractivity contribution in [1.29, 1.82) is 0 Å². The zero-order valence-corrected chi connectivity index (χ0v) is 14.7. The fourth-order valence-corrected chi connectivity index (χ4v) is 4.17. The Kier molecular flexibility index (Phi) is 4.66. The Hall–Kier alpha value is -1.88. The van der Waals surface area contributed by atoms with Crippen LogP contribution in [0, 0.1) is 13.8 Å². The van der Waals surface area contributed by atoms with E-state index in [1.807, 2.05) is 12.3 Å². The van der Waals surface area contributed by atoms with E-state index in [1.54, 1.807) is 6.07 Å². The summed E-state index contributed by atoms with van der Waals surface area (Å²) in [6.45, 7) is 4.34. The maximum atomic E-state index is 11.5. The van der Waals surface area contributed by atoms with Gasteiger partial charge in [-0.15, -0.1) is 11.3 Å². The van der Waals surface area contributed by atoms with Crippen LogP contribution in [0.1, 0.15) is 58.3 Å². The third-order valence-corrected chi connectivity index (χ3v) is 5.50. The smallest absolute Gasteiger partial charge is 0.348 e. The van der Waals surface area contributed by atoms with Gasteiger partial charge in [0, 0.05) is 29.2 Å². The molecule has 0 unspecified atom stereocenters. The average Bonchev–Trinajstić information content (AvgIpc) is 3.26. The minimum Gasteiger partial charge on any atom is -0.465 e. The summed E-state index contributed by atoms with van der Waals surface area (Å²) in [6, 6.07) is 6.45. The highest BCUT2D eigenvalue weighted by atomic mass is 32.1. The Balaban J connectivity index is 1.81. The monoisotopic (exact) mass is 330 g/mol. The predicted molar refractivity (Wildman–Crippen MR) is 94.3 cm³/mol. The Bertz CT molecular complexity index is 736. The summed E-state index contributed by atoms with van der Waals surface area (Å²) in [4.78, 5) is 16.6. The first kappa shape index (κ1) is 16.0. The van der Waals surface area contributed by atoms with Crippen LogP contribution >= 0.6 is 11.3 Å². The van der Waals surface area contributed by atoms with Crippen LogP contribution in [0.25, 0.3) is 0 Å². The molecule has 2 heterocycles. The Labute approximate surface area is 140 Å². The number of thiophene rings is 1. The van der Waals surface area contributed by atoms with Crippen molar-refractivity contribution in [2.75, 3.05) is 7.11 Å². The van der Waals surface area contributed by atoms with Crippen LogP contribution < -0.4 is 0 Å². The summed E-state index contributed by atoms with van der Waals surface area (Å²) in [7, 11) is 1.39. The molecule has 0 bridgehead atoms. The van der Waals surface area contributed by atoms with Crippen LogP contribution in [0.5, 0.6) is 0 Å². The largest absolute Gasteiger partial charge is 0.465 e. The van der Waals surface area contributed by atoms with Gasteiger partial charge < -0.3 is 9.30 Å². The molecular formula is C18H22N2O2S. The number of hydrogen-bond acceptors (Lipinski definition) is 4. The number of aromatic nitrogens is 1. The summed E-state index contributed by atoms with van der Waals surface area (Å²) >= 11 is 1.35. The second-order valence-corrected chi connectivity index (χ2v) is 7.08. The Morgan fingerprint density at radius 2 is 2.09 bits per heavy atom. The molecule has 1 saturated carbocycles. The fourth-order valence-electron chi connectivity index (χ4n) is 3.40. The molecule has 5 heteroatoms. The first-order valence-electron chi connectivity index (χ1n) is 8.01. The van der Waals surface area contributed by atoms with Crippen LogP contribution in [0.4, 0.5) is 5.00 Å². The standard InChI is InChI=1S/C18H22N2O2S/c1-12-10-14(13(2)20(12)15-6-4-5-7-15)11-19-17-9-8-16(23-17)18(21)22-3/h8-11,15H,4-7H2,1-3H3/b19-11+. The first-order chi connectivity index (χ1) is 11.1. The minimum absolute atomic E-state index is 0.309. The van der Waals surface area contributed by atoms with Crippen LogP contribution in [0.2, 0.25) is 0 Å². The van der Waals surface area contributed by atoms with Crippen molar-refractivity contribution >= 4 is 28.5 Å². The van der Waals surface area contributed by atoms with E-state index >= 15 is 0 Å². The second kappa shape index (κ2) is 6.71. The molecule has 122 valence electrons. The Morgan fingerprint density at radius 1 is 1.35 bits per heavy atom. The summed E-state index contributed by atoms with van der Waals surface area (Å²) in [6.07, 6.45) is 7.12. The van der Waals surface area contributed by atoms with E-state index in [-0.39, 0.29) is 5.97 Å². The summed E-state index contributed by atoms with van der Waals surface area (Å²) in [5.41, 5.74) is 3.74. The number of hydrogen-bond donors (Lipinski definition) is 0. The van der Waals surface area contributed by atoms with Crippen LogP contribution in [-0.4, -0.2) is 23.9 Å². The van der Waals surface area contributed by atoms with Gasteiger partial charge in [0.15, 0.2) is 0 Å². The molecule has 0 amide bonds. The van der Waals surface area contributed by atoms with E-state index in [2.05, 4.69) is 29.5 Å². The molecule has 0 N–H and O–H groups in total. The number of aryl methyl sites for hydroxylation is 1. The van der Waals surface area contributed by atoms with E-state index in [1.165, 1.54) is 55.5 Å². The zero-order chi connectivity index (χ0) is 16.4. The number of carbonyl (C=O) groups is 1. The number of ether oxygens (including phenoxy) is 1. The maximum Gasteiger partial charge on any atom is 0.348 e. The topological polar surface area (TPSA) is 43.6 Å². The van der Waals surface area contributed by atoms with Crippen LogP contribution in [0.3, 0.4) is 0 Å². The third kappa shape index (κ3) is 3.24. The molecule has 3 rings (SSSR count).